The molecule has 0 spiro atoms. The van der Waals surface area contributed by atoms with E-state index >= 15 is 0 Å². The third kappa shape index (κ3) is 4.29. The Labute approximate surface area is 152 Å². The number of aromatic nitrogens is 2. The lowest BCUT2D eigenvalue weighted by molar-refractivity contribution is -0.131. The second-order valence-corrected chi connectivity index (χ2v) is 6.47. The number of fused-ring (bicyclic) bond motifs is 1. The fourth-order valence-electron chi connectivity index (χ4n) is 2.24. The monoisotopic (exact) mass is 381 g/mol. The highest BCUT2D eigenvalue weighted by Crippen LogP contribution is 2.31. The number of aromatic amines is 1. The quantitative estimate of drug-likeness (QED) is 0.499. The summed E-state index contributed by atoms with van der Waals surface area (Å²) in [4.78, 5) is 18.8. The van der Waals surface area contributed by atoms with Crippen molar-refractivity contribution < 1.29 is 19.7 Å². The molecule has 0 saturated heterocycles. The van der Waals surface area contributed by atoms with Gasteiger partial charge in [-0.3, -0.25) is 4.79 Å². The summed E-state index contributed by atoms with van der Waals surface area (Å²) in [6.45, 7) is -0.0948. The zero-order valence-corrected chi connectivity index (χ0v) is 14.6. The normalized spacial score (nSPS) is 12.3. The summed E-state index contributed by atoms with van der Waals surface area (Å²) in [6.07, 6.45) is -1.43. The molecule has 132 valence electrons. The Morgan fingerprint density at radius 1 is 1.44 bits per heavy atom. The molecule has 1 unspecified atom stereocenters. The lowest BCUT2D eigenvalue weighted by Crippen LogP contribution is -2.36. The van der Waals surface area contributed by atoms with Gasteiger partial charge in [0, 0.05) is 28.0 Å². The summed E-state index contributed by atoms with van der Waals surface area (Å²) in [7, 11) is 0. The lowest BCUT2D eigenvalue weighted by Gasteiger charge is -2.07. The third-order valence-corrected chi connectivity index (χ3v) is 4.45. The fraction of sp³-hybridized carbons (Fsp3) is 0.250. The van der Waals surface area contributed by atoms with Crippen molar-refractivity contribution in [2.45, 2.75) is 19.3 Å². The average molecular weight is 382 g/mol. The molecule has 0 fully saturated rings. The molecule has 2 heterocycles. The number of H-pyrrole nitrogens is 1. The first-order valence-electron chi connectivity index (χ1n) is 7.44. The van der Waals surface area contributed by atoms with Crippen LogP contribution in [-0.2, 0) is 17.9 Å². The summed E-state index contributed by atoms with van der Waals surface area (Å²) in [6, 6.07) is 5.41. The molecule has 4 N–H and O–H groups in total. The number of carbonyl (C=O) groups excluding carboxylic acids is 1. The summed E-state index contributed by atoms with van der Waals surface area (Å²) in [5, 5.41) is 23.8. The van der Waals surface area contributed by atoms with Gasteiger partial charge in [-0.1, -0.05) is 11.6 Å². The van der Waals surface area contributed by atoms with E-state index in [0.29, 0.717) is 17.4 Å². The number of nitrogens with zero attached hydrogens (tertiary/aromatic N) is 1. The predicted octanol–water partition coefficient (Wildman–Crippen LogP) is 1.83. The van der Waals surface area contributed by atoms with Crippen LogP contribution in [0.15, 0.2) is 29.1 Å². The van der Waals surface area contributed by atoms with Crippen molar-refractivity contribution in [2.24, 2.45) is 0 Å². The van der Waals surface area contributed by atoms with Crippen LogP contribution in [0, 0.1) is 0 Å². The predicted molar refractivity (Wildman–Crippen MR) is 94.7 cm³/mol. The lowest BCUT2D eigenvalue weighted by atomic mass is 10.2. The Morgan fingerprint density at radius 2 is 2.28 bits per heavy atom. The minimum absolute atomic E-state index is 0.192. The molecule has 1 amide bonds. The average Bonchev–Trinajstić information content (AvgIpc) is 3.25. The number of aliphatic hydroxyl groups excluding tert-OH is 2. The SMILES string of the molecule is O=C(NCc1cc2cc(Cl)c(OCc3cscn3)cc2[nH]1)C(O)CO. The molecule has 0 aliphatic carbocycles. The van der Waals surface area contributed by atoms with Crippen LogP contribution in [0.3, 0.4) is 0 Å². The highest BCUT2D eigenvalue weighted by molar-refractivity contribution is 7.07. The van der Waals surface area contributed by atoms with Crippen molar-refractivity contribution in [1.82, 2.24) is 15.3 Å². The Kier molecular flexibility index (Phi) is 5.54. The van der Waals surface area contributed by atoms with Crippen LogP contribution >= 0.6 is 22.9 Å². The minimum atomic E-state index is -1.43. The van der Waals surface area contributed by atoms with E-state index in [0.717, 1.165) is 22.3 Å². The highest BCUT2D eigenvalue weighted by Gasteiger charge is 2.14. The number of hydrogen-bond acceptors (Lipinski definition) is 6. The number of ether oxygens (including phenoxy) is 1. The van der Waals surface area contributed by atoms with Gasteiger partial charge in [-0.2, -0.15) is 0 Å². The number of thiazole rings is 1. The first kappa shape index (κ1) is 17.7. The first-order valence-corrected chi connectivity index (χ1v) is 8.76. The van der Waals surface area contributed by atoms with Crippen LogP contribution < -0.4 is 10.1 Å². The molecule has 9 heteroatoms. The number of carbonyl (C=O) groups is 1. The summed E-state index contributed by atoms with van der Waals surface area (Å²) in [5.74, 6) is -0.0956. The zero-order valence-electron chi connectivity index (χ0n) is 13.0. The molecule has 1 aromatic carbocycles. The number of aliphatic hydroxyl groups is 2. The van der Waals surface area contributed by atoms with Crippen molar-refractivity contribution in [1.29, 1.82) is 0 Å². The number of rotatable bonds is 7. The van der Waals surface area contributed by atoms with Crippen LogP contribution in [0.4, 0.5) is 0 Å². The Balaban J connectivity index is 1.70. The maximum Gasteiger partial charge on any atom is 0.251 e. The van der Waals surface area contributed by atoms with Gasteiger partial charge in [0.2, 0.25) is 0 Å². The van der Waals surface area contributed by atoms with E-state index in [-0.39, 0.29) is 6.54 Å². The molecular weight excluding hydrogens is 366 g/mol. The summed E-state index contributed by atoms with van der Waals surface area (Å²) >= 11 is 7.75. The minimum Gasteiger partial charge on any atom is -0.486 e. The Bertz CT molecular complexity index is 866. The molecule has 1 atom stereocenters. The number of hydrogen-bond donors (Lipinski definition) is 4. The molecule has 0 aliphatic rings. The zero-order chi connectivity index (χ0) is 17.8. The van der Waals surface area contributed by atoms with Gasteiger partial charge in [0.15, 0.2) is 6.10 Å². The van der Waals surface area contributed by atoms with E-state index in [1.165, 1.54) is 11.3 Å². The molecule has 2 aromatic heterocycles. The van der Waals surface area contributed by atoms with Crippen LogP contribution in [0.5, 0.6) is 5.75 Å². The molecule has 3 rings (SSSR count). The maximum atomic E-state index is 11.5. The fourth-order valence-corrected chi connectivity index (χ4v) is 3.01. The van der Waals surface area contributed by atoms with Crippen LogP contribution in [0.2, 0.25) is 5.02 Å². The van der Waals surface area contributed by atoms with Crippen molar-refractivity contribution in [2.75, 3.05) is 6.61 Å². The van der Waals surface area contributed by atoms with Crippen LogP contribution in [-0.4, -0.2) is 38.8 Å². The number of benzene rings is 1. The van der Waals surface area contributed by atoms with E-state index in [9.17, 15) is 9.90 Å². The standard InChI is InChI=1S/C16H16ClN3O4S/c17-12-2-9-1-10(4-18-16(23)14(22)5-21)20-13(9)3-15(12)24-6-11-7-25-8-19-11/h1-3,7-8,14,20-22H,4-6H2,(H,18,23). The molecule has 0 radical (unpaired) electrons. The van der Waals surface area contributed by atoms with Gasteiger partial charge >= 0.3 is 0 Å². The van der Waals surface area contributed by atoms with Gasteiger partial charge in [-0.25, -0.2) is 4.98 Å². The van der Waals surface area contributed by atoms with Crippen molar-refractivity contribution in [3.63, 3.8) is 0 Å². The number of nitrogens with one attached hydrogen (secondary N) is 2. The van der Waals surface area contributed by atoms with E-state index in [1.807, 2.05) is 11.4 Å². The van der Waals surface area contributed by atoms with Gasteiger partial charge in [0.25, 0.3) is 5.91 Å². The molecule has 0 bridgehead atoms. The molecule has 0 aliphatic heterocycles. The van der Waals surface area contributed by atoms with E-state index < -0.39 is 18.6 Å². The second kappa shape index (κ2) is 7.83. The smallest absolute Gasteiger partial charge is 0.251 e. The van der Waals surface area contributed by atoms with Gasteiger partial charge in [-0.05, 0) is 12.1 Å². The van der Waals surface area contributed by atoms with Gasteiger partial charge < -0.3 is 25.3 Å². The Hall–Kier alpha value is -2.13. The van der Waals surface area contributed by atoms with Crippen LogP contribution in [0.1, 0.15) is 11.4 Å². The van der Waals surface area contributed by atoms with E-state index in [1.54, 1.807) is 17.6 Å². The van der Waals surface area contributed by atoms with Gasteiger partial charge in [-0.15, -0.1) is 11.3 Å². The Morgan fingerprint density at radius 3 is 3.00 bits per heavy atom. The van der Waals surface area contributed by atoms with Crippen molar-refractivity contribution in [3.05, 3.63) is 45.5 Å². The molecule has 25 heavy (non-hydrogen) atoms. The van der Waals surface area contributed by atoms with Gasteiger partial charge in [0.05, 0.1) is 29.4 Å². The van der Waals surface area contributed by atoms with E-state index in [2.05, 4.69) is 15.3 Å². The second-order valence-electron chi connectivity index (χ2n) is 5.35. The molecular formula is C16H16ClN3O4S. The number of amides is 1. The third-order valence-electron chi connectivity index (χ3n) is 3.52. The van der Waals surface area contributed by atoms with E-state index in [4.69, 9.17) is 21.4 Å². The van der Waals surface area contributed by atoms with Crippen molar-refractivity contribution in [3.8, 4) is 5.75 Å². The highest BCUT2D eigenvalue weighted by atomic mass is 35.5. The molecule has 3 aromatic rings. The van der Waals surface area contributed by atoms with Crippen LogP contribution in [0.25, 0.3) is 10.9 Å². The largest absolute Gasteiger partial charge is 0.486 e. The first-order chi connectivity index (χ1) is 12.1. The summed E-state index contributed by atoms with van der Waals surface area (Å²) in [5.41, 5.74) is 4.12. The molecule has 0 saturated carbocycles. The number of halogens is 1. The van der Waals surface area contributed by atoms with Crippen molar-refractivity contribution >= 4 is 39.7 Å². The topological polar surface area (TPSA) is 107 Å². The van der Waals surface area contributed by atoms with Gasteiger partial charge in [0.1, 0.15) is 12.4 Å². The summed E-state index contributed by atoms with van der Waals surface area (Å²) < 4.78 is 5.70. The maximum absolute atomic E-state index is 11.5. The molecule has 7 nitrogen and oxygen atoms in total.